The second kappa shape index (κ2) is 4.71. The summed E-state index contributed by atoms with van der Waals surface area (Å²) in [6, 6.07) is 6.58. The third-order valence-electron chi connectivity index (χ3n) is 3.57. The predicted molar refractivity (Wildman–Crippen MR) is 82.2 cm³/mol. The van der Waals surface area contributed by atoms with Gasteiger partial charge in [-0.15, -0.1) is 0 Å². The van der Waals surface area contributed by atoms with Crippen molar-refractivity contribution in [2.45, 2.75) is 18.2 Å². The number of aryl methyl sites for hydroxylation is 1. The van der Waals surface area contributed by atoms with Crippen molar-refractivity contribution in [2.75, 3.05) is 17.7 Å². The fourth-order valence-electron chi connectivity index (χ4n) is 2.50. The smallest absolute Gasteiger partial charge is 0.307 e. The van der Waals surface area contributed by atoms with Gasteiger partial charge < -0.3 is 10.6 Å². The fraction of sp³-hybridized carbons (Fsp3) is 0.214. The number of hydrogen-bond donors (Lipinski definition) is 3. The molecule has 0 atom stereocenters. The molecule has 0 aliphatic carbocycles. The topological polar surface area (TPSA) is 87.3 Å². The SMILES string of the molecule is CCc1cc2c3c(cc(S(=O)(=O)NC)cc3c1)NC(=O)N2. The minimum atomic E-state index is -3.57. The highest BCUT2D eigenvalue weighted by Crippen LogP contribution is 2.37. The van der Waals surface area contributed by atoms with Gasteiger partial charge in [-0.05, 0) is 42.6 Å². The maximum absolute atomic E-state index is 12.0. The van der Waals surface area contributed by atoms with Gasteiger partial charge in [-0.3, -0.25) is 0 Å². The third-order valence-corrected chi connectivity index (χ3v) is 4.96. The Balaban J connectivity index is 2.37. The van der Waals surface area contributed by atoms with Crippen LogP contribution < -0.4 is 15.4 Å². The highest BCUT2D eigenvalue weighted by Gasteiger charge is 2.21. The van der Waals surface area contributed by atoms with Crippen LogP contribution in [0.25, 0.3) is 10.8 Å². The van der Waals surface area contributed by atoms with Gasteiger partial charge in [-0.1, -0.05) is 13.0 Å². The Morgan fingerprint density at radius 2 is 1.76 bits per heavy atom. The average molecular weight is 305 g/mol. The third kappa shape index (κ3) is 2.24. The number of urea groups is 1. The van der Waals surface area contributed by atoms with Crippen LogP contribution in [0, 0.1) is 0 Å². The number of hydrogen-bond acceptors (Lipinski definition) is 3. The monoisotopic (exact) mass is 305 g/mol. The lowest BCUT2D eigenvalue weighted by molar-refractivity contribution is 0.262. The molecule has 2 aromatic carbocycles. The Hall–Kier alpha value is -2.12. The molecule has 21 heavy (non-hydrogen) atoms. The number of rotatable bonds is 3. The molecule has 1 aliphatic rings. The zero-order chi connectivity index (χ0) is 15.2. The Morgan fingerprint density at radius 1 is 1.10 bits per heavy atom. The summed E-state index contributed by atoms with van der Waals surface area (Å²) in [6.07, 6.45) is 0.796. The van der Waals surface area contributed by atoms with Gasteiger partial charge >= 0.3 is 6.03 Å². The molecule has 2 aromatic rings. The van der Waals surface area contributed by atoms with E-state index in [1.165, 1.54) is 13.1 Å². The molecular weight excluding hydrogens is 290 g/mol. The Bertz CT molecular complexity index is 859. The number of nitrogens with one attached hydrogen (secondary N) is 3. The van der Waals surface area contributed by atoms with Gasteiger partial charge in [0.2, 0.25) is 10.0 Å². The number of sulfonamides is 1. The van der Waals surface area contributed by atoms with E-state index in [1.807, 2.05) is 19.1 Å². The molecule has 3 rings (SSSR count). The van der Waals surface area contributed by atoms with Crippen molar-refractivity contribution in [3.8, 4) is 0 Å². The molecule has 0 saturated heterocycles. The number of carbonyl (C=O) groups is 1. The molecule has 6 nitrogen and oxygen atoms in total. The van der Waals surface area contributed by atoms with Gasteiger partial charge in [-0.25, -0.2) is 17.9 Å². The van der Waals surface area contributed by atoms with Gasteiger partial charge in [0.05, 0.1) is 16.3 Å². The van der Waals surface area contributed by atoms with E-state index in [-0.39, 0.29) is 10.9 Å². The minimum Gasteiger partial charge on any atom is -0.307 e. The van der Waals surface area contributed by atoms with Crippen molar-refractivity contribution in [3.63, 3.8) is 0 Å². The lowest BCUT2D eigenvalue weighted by Crippen LogP contribution is -2.25. The van der Waals surface area contributed by atoms with Gasteiger partial charge in [0.15, 0.2) is 0 Å². The van der Waals surface area contributed by atoms with Crippen LogP contribution in [0.3, 0.4) is 0 Å². The minimum absolute atomic E-state index is 0.133. The molecule has 0 fully saturated rings. The van der Waals surface area contributed by atoms with E-state index in [1.54, 1.807) is 6.07 Å². The van der Waals surface area contributed by atoms with Crippen LogP contribution in [-0.4, -0.2) is 21.5 Å². The molecule has 2 amide bonds. The summed E-state index contributed by atoms with van der Waals surface area (Å²) in [4.78, 5) is 11.8. The summed E-state index contributed by atoms with van der Waals surface area (Å²) in [7, 11) is -2.21. The highest BCUT2D eigenvalue weighted by molar-refractivity contribution is 7.89. The van der Waals surface area contributed by atoms with Crippen LogP contribution >= 0.6 is 0 Å². The van der Waals surface area contributed by atoms with Gasteiger partial charge in [0.1, 0.15) is 0 Å². The van der Waals surface area contributed by atoms with Crippen molar-refractivity contribution >= 4 is 38.2 Å². The first-order chi connectivity index (χ1) is 9.94. The maximum Gasteiger partial charge on any atom is 0.323 e. The maximum atomic E-state index is 12.0. The summed E-state index contributed by atoms with van der Waals surface area (Å²) < 4.78 is 26.3. The van der Waals surface area contributed by atoms with Crippen LogP contribution in [0.1, 0.15) is 12.5 Å². The lowest BCUT2D eigenvalue weighted by atomic mass is 10.0. The second-order valence-corrected chi connectivity index (χ2v) is 6.74. The van der Waals surface area contributed by atoms with Crippen molar-refractivity contribution in [1.29, 1.82) is 0 Å². The molecule has 1 heterocycles. The Kier molecular flexibility index (Phi) is 3.11. The first kappa shape index (κ1) is 13.8. The number of anilines is 2. The average Bonchev–Trinajstić information content (AvgIpc) is 2.46. The van der Waals surface area contributed by atoms with Crippen LogP contribution in [0.4, 0.5) is 16.2 Å². The zero-order valence-electron chi connectivity index (χ0n) is 11.6. The number of carbonyl (C=O) groups excluding carboxylic acids is 1. The quantitative estimate of drug-likeness (QED) is 0.813. The largest absolute Gasteiger partial charge is 0.323 e. The molecule has 0 aromatic heterocycles. The molecule has 0 radical (unpaired) electrons. The van der Waals surface area contributed by atoms with E-state index >= 15 is 0 Å². The van der Waals surface area contributed by atoms with E-state index < -0.39 is 10.0 Å². The van der Waals surface area contributed by atoms with E-state index in [0.717, 1.165) is 22.8 Å². The number of benzene rings is 2. The number of amides is 2. The van der Waals surface area contributed by atoms with Gasteiger partial charge in [-0.2, -0.15) is 0 Å². The highest BCUT2D eigenvalue weighted by atomic mass is 32.2. The second-order valence-electron chi connectivity index (χ2n) is 4.85. The summed E-state index contributed by atoms with van der Waals surface area (Å²) in [6.45, 7) is 2.01. The fourth-order valence-corrected chi connectivity index (χ4v) is 3.29. The van der Waals surface area contributed by atoms with Crippen molar-refractivity contribution in [1.82, 2.24) is 4.72 Å². The summed E-state index contributed by atoms with van der Waals surface area (Å²) >= 11 is 0. The molecule has 7 heteroatoms. The van der Waals surface area contributed by atoms with Gasteiger partial charge in [0, 0.05) is 5.39 Å². The van der Waals surface area contributed by atoms with E-state index in [2.05, 4.69) is 15.4 Å². The molecule has 0 bridgehead atoms. The summed E-state index contributed by atoms with van der Waals surface area (Å²) in [5.41, 5.74) is 2.24. The van der Waals surface area contributed by atoms with Crippen molar-refractivity contribution in [2.24, 2.45) is 0 Å². The summed E-state index contributed by atoms with van der Waals surface area (Å²) in [5.74, 6) is 0. The first-order valence-corrected chi connectivity index (χ1v) is 8.05. The van der Waals surface area contributed by atoms with Crippen LogP contribution in [-0.2, 0) is 16.4 Å². The van der Waals surface area contributed by atoms with Crippen LogP contribution in [0.5, 0.6) is 0 Å². The van der Waals surface area contributed by atoms with E-state index in [9.17, 15) is 13.2 Å². The molecule has 0 spiro atoms. The predicted octanol–water partition coefficient (Wildman–Crippen LogP) is 2.27. The molecule has 0 unspecified atom stereocenters. The summed E-state index contributed by atoms with van der Waals surface area (Å²) in [5, 5.41) is 7.01. The van der Waals surface area contributed by atoms with Crippen molar-refractivity contribution in [3.05, 3.63) is 29.8 Å². The van der Waals surface area contributed by atoms with Crippen LogP contribution in [0.2, 0.25) is 0 Å². The van der Waals surface area contributed by atoms with Gasteiger partial charge in [0.25, 0.3) is 0 Å². The van der Waals surface area contributed by atoms with E-state index in [4.69, 9.17) is 0 Å². The standard InChI is InChI=1S/C14H15N3O3S/c1-3-8-4-9-6-10(21(19,20)15-2)7-12-13(9)11(5-8)16-14(18)17-12/h4-7,15H,3H2,1-2H3,(H2,16,17,18). The van der Waals surface area contributed by atoms with E-state index in [0.29, 0.717) is 11.4 Å². The Labute approximate surface area is 122 Å². The molecule has 110 valence electrons. The normalized spacial score (nSPS) is 13.9. The van der Waals surface area contributed by atoms with Crippen LogP contribution in [0.15, 0.2) is 29.2 Å². The molecule has 0 saturated carbocycles. The molecule has 1 aliphatic heterocycles. The molecule has 3 N–H and O–H groups in total. The zero-order valence-corrected chi connectivity index (χ0v) is 12.5. The lowest BCUT2D eigenvalue weighted by Gasteiger charge is -2.21. The van der Waals surface area contributed by atoms with Crippen molar-refractivity contribution < 1.29 is 13.2 Å². The first-order valence-electron chi connectivity index (χ1n) is 6.57. The Morgan fingerprint density at radius 3 is 2.38 bits per heavy atom. The molecular formula is C14H15N3O3S.